The van der Waals surface area contributed by atoms with Crippen molar-refractivity contribution in [3.8, 4) is 11.5 Å². The Morgan fingerprint density at radius 2 is 1.23 bits per heavy atom. The number of hydrogen-bond donors (Lipinski definition) is 1. The summed E-state index contributed by atoms with van der Waals surface area (Å²) in [5.41, 5.74) is 6.44. The lowest BCUT2D eigenvalue weighted by Gasteiger charge is -2.26. The number of benzene rings is 2. The van der Waals surface area contributed by atoms with Crippen molar-refractivity contribution in [1.82, 2.24) is 0 Å². The van der Waals surface area contributed by atoms with Crippen LogP contribution in [0.2, 0.25) is 0 Å². The van der Waals surface area contributed by atoms with Crippen LogP contribution >= 0.6 is 7.82 Å². The summed E-state index contributed by atoms with van der Waals surface area (Å²) < 4.78 is 24.4. The fourth-order valence-corrected chi connectivity index (χ4v) is 5.09. The zero-order valence-electron chi connectivity index (χ0n) is 18.8. The van der Waals surface area contributed by atoms with Crippen molar-refractivity contribution in [2.75, 3.05) is 0 Å². The molecule has 1 aliphatic heterocycles. The average Bonchev–Trinajstić information content (AvgIpc) is 2.72. The Balaban J connectivity index is 2.18. The Morgan fingerprint density at radius 1 is 0.800 bits per heavy atom. The first kappa shape index (κ1) is 22.9. The van der Waals surface area contributed by atoms with Gasteiger partial charge in [0.1, 0.15) is 11.5 Å². The molecule has 0 atom stereocenters. The Kier molecular flexibility index (Phi) is 7.65. The molecule has 5 heteroatoms. The van der Waals surface area contributed by atoms with Gasteiger partial charge in [-0.25, -0.2) is 4.57 Å². The maximum atomic E-state index is 13.0. The van der Waals surface area contributed by atoms with Gasteiger partial charge in [-0.1, -0.05) is 64.8 Å². The van der Waals surface area contributed by atoms with Gasteiger partial charge in [0.25, 0.3) is 0 Å². The van der Waals surface area contributed by atoms with Crippen LogP contribution in [-0.4, -0.2) is 4.89 Å². The zero-order valence-corrected chi connectivity index (χ0v) is 19.7. The summed E-state index contributed by atoms with van der Waals surface area (Å²) in [6.45, 7) is 8.57. The highest BCUT2D eigenvalue weighted by molar-refractivity contribution is 7.48. The molecule has 0 saturated heterocycles. The molecule has 0 amide bonds. The third kappa shape index (κ3) is 5.28. The molecule has 0 spiro atoms. The van der Waals surface area contributed by atoms with E-state index in [4.69, 9.17) is 9.05 Å². The molecule has 2 aromatic rings. The second-order valence-electron chi connectivity index (χ2n) is 8.23. The maximum absolute atomic E-state index is 13.0. The molecule has 0 aliphatic carbocycles. The Bertz CT molecular complexity index is 864. The predicted molar refractivity (Wildman–Crippen MR) is 123 cm³/mol. The van der Waals surface area contributed by atoms with E-state index in [-0.39, 0.29) is 0 Å². The molecule has 1 heterocycles. The second kappa shape index (κ2) is 10.0. The smallest absolute Gasteiger partial charge is 0.395 e. The van der Waals surface area contributed by atoms with Gasteiger partial charge in [0.15, 0.2) is 0 Å². The molecule has 0 aromatic heterocycles. The fourth-order valence-electron chi connectivity index (χ4n) is 4.12. The predicted octanol–water partition coefficient (Wildman–Crippen LogP) is 6.96. The van der Waals surface area contributed by atoms with Crippen molar-refractivity contribution in [3.05, 3.63) is 57.6 Å². The highest BCUT2D eigenvalue weighted by Crippen LogP contribution is 2.51. The Hall–Kier alpha value is -1.77. The van der Waals surface area contributed by atoms with Crippen molar-refractivity contribution < 1.29 is 18.5 Å². The van der Waals surface area contributed by atoms with Crippen molar-refractivity contribution in [2.45, 2.75) is 85.5 Å². The molecule has 0 fully saturated rings. The average molecular weight is 431 g/mol. The number of fused-ring (bicyclic) bond motifs is 2. The lowest BCUT2D eigenvalue weighted by molar-refractivity contribution is 0.284. The number of rotatable bonds is 8. The minimum absolute atomic E-state index is 0.536. The number of aryl methyl sites for hydroxylation is 4. The SMILES string of the molecule is CCCCc1cc(CC)cc2c1OP(=O)(O)Oc1c(CCCC)cc(CC)cc1C2. The van der Waals surface area contributed by atoms with Crippen LogP contribution in [0.4, 0.5) is 0 Å². The molecule has 0 bridgehead atoms. The summed E-state index contributed by atoms with van der Waals surface area (Å²) in [4.78, 5) is 10.6. The maximum Gasteiger partial charge on any atom is 0.584 e. The van der Waals surface area contributed by atoms with E-state index < -0.39 is 7.82 Å². The van der Waals surface area contributed by atoms with Gasteiger partial charge >= 0.3 is 7.82 Å². The quantitative estimate of drug-likeness (QED) is 0.460. The van der Waals surface area contributed by atoms with E-state index in [2.05, 4.69) is 52.0 Å². The number of hydrogen-bond acceptors (Lipinski definition) is 3. The first-order valence-corrected chi connectivity index (χ1v) is 12.9. The van der Waals surface area contributed by atoms with Crippen LogP contribution in [0.1, 0.15) is 86.8 Å². The summed E-state index contributed by atoms with van der Waals surface area (Å²) in [6, 6.07) is 8.49. The largest absolute Gasteiger partial charge is 0.584 e. The molecule has 30 heavy (non-hydrogen) atoms. The minimum atomic E-state index is -4.29. The Labute approximate surface area is 181 Å². The molecule has 1 aliphatic rings. The van der Waals surface area contributed by atoms with Crippen LogP contribution < -0.4 is 9.05 Å². The fraction of sp³-hybridized carbons (Fsp3) is 0.520. The molecule has 2 aromatic carbocycles. The number of phosphoric ester groups is 1. The van der Waals surface area contributed by atoms with E-state index >= 15 is 0 Å². The molecule has 0 radical (unpaired) electrons. The molecule has 4 nitrogen and oxygen atoms in total. The van der Waals surface area contributed by atoms with E-state index in [1.807, 2.05) is 0 Å². The van der Waals surface area contributed by atoms with Gasteiger partial charge in [-0.15, -0.1) is 0 Å². The Morgan fingerprint density at radius 3 is 1.60 bits per heavy atom. The van der Waals surface area contributed by atoms with Gasteiger partial charge in [0, 0.05) is 6.42 Å². The summed E-state index contributed by atoms with van der Waals surface area (Å²) in [7, 11) is -4.29. The molecule has 0 unspecified atom stereocenters. The summed E-state index contributed by atoms with van der Waals surface area (Å²) in [5.74, 6) is 1.07. The third-order valence-electron chi connectivity index (χ3n) is 5.82. The lowest BCUT2D eigenvalue weighted by atomic mass is 9.92. The first-order chi connectivity index (χ1) is 14.4. The van der Waals surface area contributed by atoms with E-state index in [1.54, 1.807) is 0 Å². The van der Waals surface area contributed by atoms with Crippen molar-refractivity contribution in [3.63, 3.8) is 0 Å². The summed E-state index contributed by atoms with van der Waals surface area (Å²) in [6.07, 6.45) is 8.28. The van der Waals surface area contributed by atoms with Crippen LogP contribution in [0.5, 0.6) is 11.5 Å². The van der Waals surface area contributed by atoms with Crippen LogP contribution in [0.3, 0.4) is 0 Å². The van der Waals surface area contributed by atoms with Gasteiger partial charge in [-0.2, -0.15) is 0 Å². The highest BCUT2D eigenvalue weighted by atomic mass is 31.2. The molecule has 164 valence electrons. The third-order valence-corrected chi connectivity index (χ3v) is 6.64. The van der Waals surface area contributed by atoms with E-state index in [9.17, 15) is 9.46 Å². The van der Waals surface area contributed by atoms with Gasteiger partial charge in [0.05, 0.1) is 0 Å². The topological polar surface area (TPSA) is 55.8 Å². The van der Waals surface area contributed by atoms with Gasteiger partial charge in [-0.3, -0.25) is 4.89 Å². The van der Waals surface area contributed by atoms with Crippen LogP contribution in [0.15, 0.2) is 24.3 Å². The minimum Gasteiger partial charge on any atom is -0.395 e. The second-order valence-corrected chi connectivity index (χ2v) is 9.53. The van der Waals surface area contributed by atoms with Gasteiger partial charge in [-0.05, 0) is 71.9 Å². The number of phosphoric acid groups is 1. The van der Waals surface area contributed by atoms with E-state index in [1.165, 1.54) is 11.1 Å². The molecule has 3 rings (SSSR count). The van der Waals surface area contributed by atoms with Gasteiger partial charge in [0.2, 0.25) is 0 Å². The van der Waals surface area contributed by atoms with Crippen LogP contribution in [-0.2, 0) is 36.7 Å². The highest BCUT2D eigenvalue weighted by Gasteiger charge is 2.33. The van der Waals surface area contributed by atoms with Crippen molar-refractivity contribution >= 4 is 7.82 Å². The summed E-state index contributed by atoms with van der Waals surface area (Å²) >= 11 is 0. The first-order valence-electron chi connectivity index (χ1n) is 11.4. The standard InChI is InChI=1S/C25H35O4P/c1-5-9-11-20-13-18(7-3)15-22-17-23-16-19(8-4)14-21(12-10-6-2)25(23)29-30(26,27)28-24(20)22/h13-16H,5-12,17H2,1-4H3,(H,26,27). The molecular weight excluding hydrogens is 395 g/mol. The molecular formula is C25H35O4P. The normalized spacial score (nSPS) is 14.7. The van der Waals surface area contributed by atoms with Crippen LogP contribution in [0, 0.1) is 0 Å². The monoisotopic (exact) mass is 430 g/mol. The zero-order chi connectivity index (χ0) is 21.7. The van der Waals surface area contributed by atoms with E-state index in [0.717, 1.165) is 73.6 Å². The lowest BCUT2D eigenvalue weighted by Crippen LogP contribution is -2.12. The van der Waals surface area contributed by atoms with Gasteiger partial charge < -0.3 is 9.05 Å². The number of unbranched alkanes of at least 4 members (excludes halogenated alkanes) is 2. The van der Waals surface area contributed by atoms with Crippen molar-refractivity contribution in [1.29, 1.82) is 0 Å². The summed E-state index contributed by atoms with van der Waals surface area (Å²) in [5, 5.41) is 0. The van der Waals surface area contributed by atoms with Crippen LogP contribution in [0.25, 0.3) is 0 Å². The molecule has 0 saturated carbocycles. The van der Waals surface area contributed by atoms with E-state index in [0.29, 0.717) is 17.9 Å². The van der Waals surface area contributed by atoms with Crippen molar-refractivity contribution in [2.24, 2.45) is 0 Å². The molecule has 1 N–H and O–H groups in total.